The highest BCUT2D eigenvalue weighted by Crippen LogP contribution is 2.31. The van der Waals surface area contributed by atoms with E-state index >= 15 is 0 Å². The maximum atomic E-state index is 11.6. The summed E-state index contributed by atoms with van der Waals surface area (Å²) in [6.45, 7) is 3.47. The van der Waals surface area contributed by atoms with Crippen LogP contribution in [0.4, 0.5) is 22.9 Å². The van der Waals surface area contributed by atoms with E-state index in [4.69, 9.17) is 4.74 Å². The Morgan fingerprint density at radius 3 is 2.70 bits per heavy atom. The number of nitrogens with one attached hydrogen (secondary N) is 3. The number of amides is 2. The van der Waals surface area contributed by atoms with E-state index < -0.39 is 0 Å². The van der Waals surface area contributed by atoms with Gasteiger partial charge in [-0.05, 0) is 54.5 Å². The summed E-state index contributed by atoms with van der Waals surface area (Å²) < 4.78 is 5.99. The molecule has 2 heterocycles. The molecular formula is C23H20N4O3. The number of benzene rings is 2. The highest BCUT2D eigenvalue weighted by molar-refractivity contribution is 6.01. The molecule has 1 aliphatic heterocycles. The number of carbonyl (C=O) groups excluding carboxylic acids is 2. The van der Waals surface area contributed by atoms with Crippen molar-refractivity contribution in [3.05, 3.63) is 79.0 Å². The van der Waals surface area contributed by atoms with Crippen LogP contribution in [0.3, 0.4) is 0 Å². The Bertz CT molecular complexity index is 1130. The normalized spacial score (nSPS) is 12.3. The number of anilines is 4. The van der Waals surface area contributed by atoms with Crippen LogP contribution in [0.1, 0.15) is 12.0 Å². The molecule has 2 aromatic carbocycles. The molecule has 0 saturated carbocycles. The Kier molecular flexibility index (Phi) is 5.43. The van der Waals surface area contributed by atoms with Gasteiger partial charge < -0.3 is 20.7 Å². The van der Waals surface area contributed by atoms with E-state index in [0.717, 1.165) is 11.3 Å². The molecule has 2 amide bonds. The second-order valence-corrected chi connectivity index (χ2v) is 6.71. The zero-order chi connectivity index (χ0) is 20.9. The van der Waals surface area contributed by atoms with E-state index in [1.807, 2.05) is 36.4 Å². The average Bonchev–Trinajstić information content (AvgIpc) is 2.75. The minimum atomic E-state index is -0.294. The number of aromatic nitrogens is 1. The molecule has 0 saturated heterocycles. The van der Waals surface area contributed by atoms with Gasteiger partial charge in [-0.15, -0.1) is 0 Å². The van der Waals surface area contributed by atoms with Crippen LogP contribution in [0.5, 0.6) is 11.5 Å². The topological polar surface area (TPSA) is 92.4 Å². The van der Waals surface area contributed by atoms with E-state index in [-0.39, 0.29) is 11.8 Å². The van der Waals surface area contributed by atoms with Gasteiger partial charge >= 0.3 is 0 Å². The van der Waals surface area contributed by atoms with Crippen molar-refractivity contribution in [3.63, 3.8) is 0 Å². The van der Waals surface area contributed by atoms with Crippen molar-refractivity contribution in [2.75, 3.05) is 16.0 Å². The van der Waals surface area contributed by atoms with Crippen molar-refractivity contribution in [3.8, 4) is 11.5 Å². The minimum absolute atomic E-state index is 0.0329. The molecule has 3 aromatic rings. The molecule has 0 atom stereocenters. The summed E-state index contributed by atoms with van der Waals surface area (Å²) in [5, 5.41) is 8.81. The zero-order valence-corrected chi connectivity index (χ0v) is 16.1. The molecule has 30 heavy (non-hydrogen) atoms. The number of fused-ring (bicyclic) bond motifs is 1. The number of pyridine rings is 1. The van der Waals surface area contributed by atoms with Crippen molar-refractivity contribution >= 4 is 34.7 Å². The predicted molar refractivity (Wildman–Crippen MR) is 116 cm³/mol. The number of nitrogens with zero attached hydrogens (tertiary/aromatic N) is 1. The highest BCUT2D eigenvalue weighted by Gasteiger charge is 2.15. The van der Waals surface area contributed by atoms with Gasteiger partial charge in [0.2, 0.25) is 11.8 Å². The molecule has 1 aromatic heterocycles. The maximum absolute atomic E-state index is 11.6. The number of rotatable bonds is 6. The lowest BCUT2D eigenvalue weighted by molar-refractivity contribution is -0.116. The van der Waals surface area contributed by atoms with Gasteiger partial charge in [0, 0.05) is 24.4 Å². The second-order valence-electron chi connectivity index (χ2n) is 6.71. The number of hydrogen-bond donors (Lipinski definition) is 3. The molecule has 0 aliphatic carbocycles. The zero-order valence-electron chi connectivity index (χ0n) is 16.1. The summed E-state index contributed by atoms with van der Waals surface area (Å²) in [6, 6.07) is 16.4. The third kappa shape index (κ3) is 4.47. The Balaban J connectivity index is 1.51. The number of hydrogen-bond acceptors (Lipinski definition) is 5. The number of carbonyl (C=O) groups is 2. The largest absolute Gasteiger partial charge is 0.457 e. The highest BCUT2D eigenvalue weighted by atomic mass is 16.5. The lowest BCUT2D eigenvalue weighted by atomic mass is 10.0. The summed E-state index contributed by atoms with van der Waals surface area (Å²) in [5.74, 6) is 1.60. The molecule has 1 aliphatic rings. The standard InChI is InChI=1S/C23H20N4O3/c1-2-22(28)27-20-6-4-3-5-19(20)25-21-14-17(11-12-24-21)30-16-8-9-18-15(13-16)7-10-23(29)26-18/h2-6,8-9,11-14H,1,7,10H2,(H,24,25)(H,26,29)(H,27,28). The Labute approximate surface area is 173 Å². The second kappa shape index (κ2) is 8.48. The summed E-state index contributed by atoms with van der Waals surface area (Å²) in [4.78, 5) is 27.5. The van der Waals surface area contributed by atoms with Gasteiger partial charge in [-0.3, -0.25) is 9.59 Å². The molecule has 0 radical (unpaired) electrons. The van der Waals surface area contributed by atoms with Gasteiger partial charge in [0.15, 0.2) is 0 Å². The molecule has 0 fully saturated rings. The molecule has 7 nitrogen and oxygen atoms in total. The minimum Gasteiger partial charge on any atom is -0.457 e. The number of aryl methyl sites for hydroxylation is 1. The summed E-state index contributed by atoms with van der Waals surface area (Å²) in [6.07, 6.45) is 4.02. The lowest BCUT2D eigenvalue weighted by Gasteiger charge is -2.17. The molecule has 0 unspecified atom stereocenters. The van der Waals surface area contributed by atoms with Crippen molar-refractivity contribution in [2.24, 2.45) is 0 Å². The van der Waals surface area contributed by atoms with Crippen molar-refractivity contribution < 1.29 is 14.3 Å². The van der Waals surface area contributed by atoms with Crippen LogP contribution in [-0.4, -0.2) is 16.8 Å². The van der Waals surface area contributed by atoms with E-state index in [9.17, 15) is 9.59 Å². The van der Waals surface area contributed by atoms with E-state index in [1.165, 1.54) is 6.08 Å². The molecular weight excluding hydrogens is 380 g/mol. The summed E-state index contributed by atoms with van der Waals surface area (Å²) >= 11 is 0. The lowest BCUT2D eigenvalue weighted by Crippen LogP contribution is -2.18. The first-order valence-electron chi connectivity index (χ1n) is 9.47. The smallest absolute Gasteiger partial charge is 0.247 e. The van der Waals surface area contributed by atoms with Crippen molar-refractivity contribution in [2.45, 2.75) is 12.8 Å². The van der Waals surface area contributed by atoms with Crippen LogP contribution in [0, 0.1) is 0 Å². The van der Waals surface area contributed by atoms with Crippen LogP contribution in [0.25, 0.3) is 0 Å². The SMILES string of the molecule is C=CC(=O)Nc1ccccc1Nc1cc(Oc2ccc3c(c2)CCC(=O)N3)ccn1. The van der Waals surface area contributed by atoms with E-state index in [2.05, 4.69) is 27.5 Å². The first-order chi connectivity index (χ1) is 14.6. The first-order valence-corrected chi connectivity index (χ1v) is 9.47. The summed E-state index contributed by atoms with van der Waals surface area (Å²) in [7, 11) is 0. The van der Waals surface area contributed by atoms with Crippen LogP contribution < -0.4 is 20.7 Å². The third-order valence-electron chi connectivity index (χ3n) is 4.57. The van der Waals surface area contributed by atoms with Crippen LogP contribution in [-0.2, 0) is 16.0 Å². The maximum Gasteiger partial charge on any atom is 0.247 e. The summed E-state index contributed by atoms with van der Waals surface area (Å²) in [5.41, 5.74) is 3.19. The fraction of sp³-hybridized carbons (Fsp3) is 0.0870. The molecule has 4 rings (SSSR count). The Morgan fingerprint density at radius 2 is 1.87 bits per heavy atom. The number of ether oxygens (including phenoxy) is 1. The number of para-hydroxylation sites is 2. The van der Waals surface area contributed by atoms with Crippen molar-refractivity contribution in [1.82, 2.24) is 4.98 Å². The Hall–Kier alpha value is -4.13. The average molecular weight is 400 g/mol. The van der Waals surface area contributed by atoms with E-state index in [0.29, 0.717) is 41.5 Å². The van der Waals surface area contributed by atoms with Gasteiger partial charge in [-0.25, -0.2) is 4.98 Å². The van der Waals surface area contributed by atoms with E-state index in [1.54, 1.807) is 24.4 Å². The van der Waals surface area contributed by atoms with Crippen LogP contribution in [0.15, 0.2) is 73.4 Å². The fourth-order valence-corrected chi connectivity index (χ4v) is 3.13. The van der Waals surface area contributed by atoms with Gasteiger partial charge in [-0.1, -0.05) is 18.7 Å². The fourth-order valence-electron chi connectivity index (χ4n) is 3.13. The third-order valence-corrected chi connectivity index (χ3v) is 4.57. The van der Waals surface area contributed by atoms with Gasteiger partial charge in [-0.2, -0.15) is 0 Å². The molecule has 150 valence electrons. The Morgan fingerprint density at radius 1 is 1.07 bits per heavy atom. The van der Waals surface area contributed by atoms with Crippen molar-refractivity contribution in [1.29, 1.82) is 0 Å². The first kappa shape index (κ1) is 19.2. The monoisotopic (exact) mass is 400 g/mol. The van der Waals surface area contributed by atoms with Gasteiger partial charge in [0.05, 0.1) is 11.4 Å². The predicted octanol–water partition coefficient (Wildman–Crippen LogP) is 4.63. The van der Waals surface area contributed by atoms with Gasteiger partial charge in [0.1, 0.15) is 17.3 Å². The van der Waals surface area contributed by atoms with Crippen LogP contribution in [0.2, 0.25) is 0 Å². The molecule has 7 heteroatoms. The molecule has 0 spiro atoms. The quantitative estimate of drug-likeness (QED) is 0.525. The van der Waals surface area contributed by atoms with Crippen LogP contribution >= 0.6 is 0 Å². The molecule has 3 N–H and O–H groups in total. The van der Waals surface area contributed by atoms with Gasteiger partial charge in [0.25, 0.3) is 0 Å². The molecule has 0 bridgehead atoms.